The molecule has 0 unspecified atom stereocenters. The summed E-state index contributed by atoms with van der Waals surface area (Å²) in [6.07, 6.45) is 2.72. The van der Waals surface area contributed by atoms with Gasteiger partial charge in [-0.1, -0.05) is 32.4 Å². The van der Waals surface area contributed by atoms with Crippen LogP contribution in [0.1, 0.15) is 32.2 Å². The molecule has 2 N–H and O–H groups in total. The van der Waals surface area contributed by atoms with Gasteiger partial charge < -0.3 is 10.1 Å². The molecule has 0 saturated heterocycles. The summed E-state index contributed by atoms with van der Waals surface area (Å²) in [7, 11) is 0. The molecule has 2 aromatic heterocycles. The van der Waals surface area contributed by atoms with Crippen LogP contribution in [-0.2, 0) is 11.8 Å². The molecule has 2 heterocycles. The first-order chi connectivity index (χ1) is 7.93. The zero-order chi connectivity index (χ0) is 12.6. The van der Waals surface area contributed by atoms with Crippen molar-refractivity contribution in [3.05, 3.63) is 34.7 Å². The van der Waals surface area contributed by atoms with E-state index in [4.69, 9.17) is 22.3 Å². The standard InChI is InChI=1S/C13H18ClN3/c1-13(2,3)12-10(6-7-15)17-8-9(14)4-5-11(17)16-12/h4-5,8H,6-7,15H2,1-3H3. The number of aromatic nitrogens is 2. The number of nitrogens with two attached hydrogens (primary N) is 1. The van der Waals surface area contributed by atoms with E-state index in [1.54, 1.807) is 0 Å². The van der Waals surface area contributed by atoms with Crippen molar-refractivity contribution in [3.63, 3.8) is 0 Å². The van der Waals surface area contributed by atoms with Crippen molar-refractivity contribution >= 4 is 17.2 Å². The SMILES string of the molecule is CC(C)(C)c1nc2ccc(Cl)cn2c1CCN. The summed E-state index contributed by atoms with van der Waals surface area (Å²) in [6.45, 7) is 7.10. The largest absolute Gasteiger partial charge is 0.330 e. The zero-order valence-electron chi connectivity index (χ0n) is 10.5. The number of nitrogens with zero attached hydrogens (tertiary/aromatic N) is 2. The molecule has 0 aromatic carbocycles. The summed E-state index contributed by atoms with van der Waals surface area (Å²) in [5.74, 6) is 0. The Balaban J connectivity index is 2.71. The van der Waals surface area contributed by atoms with E-state index >= 15 is 0 Å². The van der Waals surface area contributed by atoms with Gasteiger partial charge in [0, 0.05) is 23.7 Å². The first-order valence-corrected chi connectivity index (χ1v) is 6.18. The molecule has 0 aliphatic heterocycles. The monoisotopic (exact) mass is 251 g/mol. The van der Waals surface area contributed by atoms with Gasteiger partial charge in [0.2, 0.25) is 0 Å². The van der Waals surface area contributed by atoms with E-state index in [0.717, 1.165) is 23.5 Å². The van der Waals surface area contributed by atoms with Crippen molar-refractivity contribution in [2.45, 2.75) is 32.6 Å². The van der Waals surface area contributed by atoms with Gasteiger partial charge in [0.05, 0.1) is 10.7 Å². The normalized spacial score (nSPS) is 12.3. The van der Waals surface area contributed by atoms with E-state index in [-0.39, 0.29) is 5.41 Å². The lowest BCUT2D eigenvalue weighted by molar-refractivity contribution is 0.563. The molecule has 0 amide bonds. The van der Waals surface area contributed by atoms with Crippen molar-refractivity contribution < 1.29 is 0 Å². The maximum absolute atomic E-state index is 6.03. The molecule has 92 valence electrons. The molecule has 4 heteroatoms. The van der Waals surface area contributed by atoms with E-state index in [1.165, 1.54) is 0 Å². The Morgan fingerprint density at radius 3 is 2.65 bits per heavy atom. The molecule has 3 nitrogen and oxygen atoms in total. The third-order valence-electron chi connectivity index (χ3n) is 2.77. The molecule has 2 aromatic rings. The second-order valence-corrected chi connectivity index (χ2v) is 5.71. The average Bonchev–Trinajstić information content (AvgIpc) is 2.57. The molecule has 0 radical (unpaired) electrons. The van der Waals surface area contributed by atoms with E-state index in [2.05, 4.69) is 25.2 Å². The van der Waals surface area contributed by atoms with Crippen LogP contribution >= 0.6 is 11.6 Å². The van der Waals surface area contributed by atoms with Gasteiger partial charge in [-0.15, -0.1) is 0 Å². The van der Waals surface area contributed by atoms with Crippen LogP contribution in [0.2, 0.25) is 5.02 Å². The highest BCUT2D eigenvalue weighted by atomic mass is 35.5. The summed E-state index contributed by atoms with van der Waals surface area (Å²) >= 11 is 6.03. The summed E-state index contributed by atoms with van der Waals surface area (Å²) in [5.41, 5.74) is 8.90. The molecular formula is C13H18ClN3. The van der Waals surface area contributed by atoms with Gasteiger partial charge in [0.1, 0.15) is 5.65 Å². The summed E-state index contributed by atoms with van der Waals surface area (Å²) < 4.78 is 2.05. The Kier molecular flexibility index (Phi) is 3.15. The van der Waals surface area contributed by atoms with Crippen LogP contribution < -0.4 is 5.73 Å². The highest BCUT2D eigenvalue weighted by molar-refractivity contribution is 6.30. The Labute approximate surface area is 107 Å². The van der Waals surface area contributed by atoms with Gasteiger partial charge in [0.25, 0.3) is 0 Å². The number of fused-ring (bicyclic) bond motifs is 1. The quantitative estimate of drug-likeness (QED) is 0.892. The van der Waals surface area contributed by atoms with Crippen molar-refractivity contribution in [3.8, 4) is 0 Å². The first-order valence-electron chi connectivity index (χ1n) is 5.80. The molecule has 0 aliphatic carbocycles. The Morgan fingerprint density at radius 1 is 1.35 bits per heavy atom. The molecule has 0 fully saturated rings. The van der Waals surface area contributed by atoms with E-state index in [9.17, 15) is 0 Å². The lowest BCUT2D eigenvalue weighted by atomic mass is 9.90. The molecule has 17 heavy (non-hydrogen) atoms. The molecule has 0 aliphatic rings. The van der Waals surface area contributed by atoms with Crippen LogP contribution in [0, 0.1) is 0 Å². The van der Waals surface area contributed by atoms with Crippen LogP contribution in [0.25, 0.3) is 5.65 Å². The summed E-state index contributed by atoms with van der Waals surface area (Å²) in [5, 5.41) is 0.716. The molecule has 2 rings (SSSR count). The Bertz CT molecular complexity index is 537. The number of pyridine rings is 1. The Hall–Kier alpha value is -1.06. The predicted octanol–water partition coefficient (Wildman–Crippen LogP) is 2.79. The molecule has 0 spiro atoms. The maximum atomic E-state index is 6.03. The zero-order valence-corrected chi connectivity index (χ0v) is 11.3. The van der Waals surface area contributed by atoms with Crippen LogP contribution in [0.4, 0.5) is 0 Å². The van der Waals surface area contributed by atoms with Gasteiger partial charge in [0.15, 0.2) is 0 Å². The number of halogens is 1. The van der Waals surface area contributed by atoms with Gasteiger partial charge in [-0.3, -0.25) is 0 Å². The molecule has 0 bridgehead atoms. The third kappa shape index (κ3) is 2.31. The number of rotatable bonds is 2. The van der Waals surface area contributed by atoms with E-state index < -0.39 is 0 Å². The van der Waals surface area contributed by atoms with Crippen molar-refractivity contribution in [2.24, 2.45) is 5.73 Å². The van der Waals surface area contributed by atoms with Crippen molar-refractivity contribution in [2.75, 3.05) is 6.54 Å². The number of hydrogen-bond donors (Lipinski definition) is 1. The molecule has 0 saturated carbocycles. The van der Waals surface area contributed by atoms with Gasteiger partial charge in [-0.2, -0.15) is 0 Å². The number of imidazole rings is 1. The lowest BCUT2D eigenvalue weighted by Crippen LogP contribution is -2.17. The second kappa shape index (κ2) is 4.31. The minimum absolute atomic E-state index is 0.0169. The maximum Gasteiger partial charge on any atom is 0.137 e. The van der Waals surface area contributed by atoms with Crippen molar-refractivity contribution in [1.82, 2.24) is 9.38 Å². The third-order valence-corrected chi connectivity index (χ3v) is 3.00. The molecule has 0 atom stereocenters. The van der Waals surface area contributed by atoms with Crippen LogP contribution in [0.3, 0.4) is 0 Å². The van der Waals surface area contributed by atoms with Crippen molar-refractivity contribution in [1.29, 1.82) is 0 Å². The minimum atomic E-state index is 0.0169. The summed E-state index contributed by atoms with van der Waals surface area (Å²) in [6, 6.07) is 3.81. The molecular weight excluding hydrogens is 234 g/mol. The first kappa shape index (κ1) is 12.4. The fraction of sp³-hybridized carbons (Fsp3) is 0.462. The predicted molar refractivity (Wildman–Crippen MR) is 71.7 cm³/mol. The fourth-order valence-corrected chi connectivity index (χ4v) is 2.20. The lowest BCUT2D eigenvalue weighted by Gasteiger charge is -2.17. The van der Waals surface area contributed by atoms with Crippen LogP contribution in [0.5, 0.6) is 0 Å². The highest BCUT2D eigenvalue weighted by Gasteiger charge is 2.23. The van der Waals surface area contributed by atoms with Crippen LogP contribution in [0.15, 0.2) is 18.3 Å². The second-order valence-electron chi connectivity index (χ2n) is 5.27. The smallest absolute Gasteiger partial charge is 0.137 e. The topological polar surface area (TPSA) is 43.3 Å². The highest BCUT2D eigenvalue weighted by Crippen LogP contribution is 2.27. The summed E-state index contributed by atoms with van der Waals surface area (Å²) in [4.78, 5) is 4.69. The van der Waals surface area contributed by atoms with E-state index in [0.29, 0.717) is 11.6 Å². The Morgan fingerprint density at radius 2 is 2.06 bits per heavy atom. The van der Waals surface area contributed by atoms with E-state index in [1.807, 2.05) is 18.3 Å². The van der Waals surface area contributed by atoms with Gasteiger partial charge in [-0.25, -0.2) is 4.98 Å². The fourth-order valence-electron chi connectivity index (χ4n) is 2.04. The number of hydrogen-bond acceptors (Lipinski definition) is 2. The average molecular weight is 252 g/mol. The van der Waals surface area contributed by atoms with Gasteiger partial charge in [-0.05, 0) is 18.7 Å². The van der Waals surface area contributed by atoms with Gasteiger partial charge >= 0.3 is 0 Å². The van der Waals surface area contributed by atoms with Crippen LogP contribution in [-0.4, -0.2) is 15.9 Å². The minimum Gasteiger partial charge on any atom is -0.330 e.